The topological polar surface area (TPSA) is 32.3 Å². The van der Waals surface area contributed by atoms with E-state index < -0.39 is 0 Å². The van der Waals surface area contributed by atoms with Crippen molar-refractivity contribution in [1.29, 1.82) is 0 Å². The Kier molecular flexibility index (Phi) is 3.48. The molecule has 0 aromatic heterocycles. The third-order valence-corrected chi connectivity index (χ3v) is 4.57. The highest BCUT2D eigenvalue weighted by molar-refractivity contribution is 5.79. The molecule has 2 fully saturated rings. The van der Waals surface area contributed by atoms with Crippen molar-refractivity contribution in [2.24, 2.45) is 11.3 Å². The van der Waals surface area contributed by atoms with Crippen LogP contribution in [0.25, 0.3) is 0 Å². The fourth-order valence-corrected chi connectivity index (χ4v) is 3.53. The Hall–Kier alpha value is -0.570. The van der Waals surface area contributed by atoms with Crippen LogP contribution in [0.5, 0.6) is 0 Å². The lowest BCUT2D eigenvalue weighted by atomic mass is 9.73. The van der Waals surface area contributed by atoms with Gasteiger partial charge in [0.25, 0.3) is 0 Å². The molecule has 2 saturated heterocycles. The lowest BCUT2D eigenvalue weighted by molar-refractivity contribution is -0.136. The van der Waals surface area contributed by atoms with E-state index in [0.29, 0.717) is 30.0 Å². The van der Waals surface area contributed by atoms with E-state index in [1.165, 1.54) is 25.7 Å². The summed E-state index contributed by atoms with van der Waals surface area (Å²) in [5, 5.41) is 2.98. The first-order chi connectivity index (χ1) is 7.93. The van der Waals surface area contributed by atoms with Crippen LogP contribution >= 0.6 is 0 Å². The molecular weight excluding hydrogens is 212 g/mol. The van der Waals surface area contributed by atoms with Crippen LogP contribution < -0.4 is 5.32 Å². The summed E-state index contributed by atoms with van der Waals surface area (Å²) in [6.45, 7) is 7.50. The number of nitrogens with one attached hydrogen (secondary N) is 1. The van der Waals surface area contributed by atoms with Crippen LogP contribution in [0.4, 0.5) is 0 Å². The molecule has 0 radical (unpaired) electrons. The molecule has 3 heteroatoms. The van der Waals surface area contributed by atoms with E-state index in [4.69, 9.17) is 0 Å². The standard InChI is InChI=1S/C14H26N2O/c1-14(2,3)10-7-11-5-6-12(8-10)16(11)13(17)9-15-4/h10-12,15H,5-9H2,1-4H3/t10?,11-,12?/m0/s1. The molecule has 0 aliphatic carbocycles. The van der Waals surface area contributed by atoms with Gasteiger partial charge in [-0.15, -0.1) is 0 Å². The Labute approximate surface area is 105 Å². The molecule has 0 aromatic carbocycles. The van der Waals surface area contributed by atoms with Crippen molar-refractivity contribution < 1.29 is 4.79 Å². The van der Waals surface area contributed by atoms with E-state index in [-0.39, 0.29) is 0 Å². The van der Waals surface area contributed by atoms with Crippen molar-refractivity contribution in [3.05, 3.63) is 0 Å². The van der Waals surface area contributed by atoms with Crippen molar-refractivity contribution in [3.8, 4) is 0 Å². The van der Waals surface area contributed by atoms with Gasteiger partial charge in [0.05, 0.1) is 6.54 Å². The van der Waals surface area contributed by atoms with Gasteiger partial charge in [0.1, 0.15) is 0 Å². The summed E-state index contributed by atoms with van der Waals surface area (Å²) in [5.41, 5.74) is 0.388. The number of piperidine rings is 1. The van der Waals surface area contributed by atoms with E-state index in [1.54, 1.807) is 0 Å². The van der Waals surface area contributed by atoms with Gasteiger partial charge in [0.15, 0.2) is 0 Å². The Balaban J connectivity index is 2.05. The van der Waals surface area contributed by atoms with Crippen LogP contribution in [0.2, 0.25) is 0 Å². The second-order valence-electron chi connectivity index (χ2n) is 6.75. The zero-order chi connectivity index (χ0) is 12.6. The second kappa shape index (κ2) is 4.60. The first kappa shape index (κ1) is 12.9. The zero-order valence-corrected chi connectivity index (χ0v) is 11.6. The van der Waals surface area contributed by atoms with Crippen molar-refractivity contribution in [3.63, 3.8) is 0 Å². The van der Waals surface area contributed by atoms with Gasteiger partial charge in [-0.3, -0.25) is 4.79 Å². The quantitative estimate of drug-likeness (QED) is 0.798. The number of rotatable bonds is 2. The molecule has 2 aliphatic rings. The first-order valence-corrected chi connectivity index (χ1v) is 6.89. The smallest absolute Gasteiger partial charge is 0.237 e. The van der Waals surface area contributed by atoms with Crippen LogP contribution in [-0.2, 0) is 4.79 Å². The van der Waals surface area contributed by atoms with Crippen molar-refractivity contribution >= 4 is 5.91 Å². The molecule has 3 atom stereocenters. The number of nitrogens with zero attached hydrogens (tertiary/aromatic N) is 1. The molecule has 17 heavy (non-hydrogen) atoms. The largest absolute Gasteiger partial charge is 0.336 e. The maximum Gasteiger partial charge on any atom is 0.237 e. The molecule has 2 unspecified atom stereocenters. The molecule has 0 saturated carbocycles. The van der Waals surface area contributed by atoms with Gasteiger partial charge in [-0.2, -0.15) is 0 Å². The Morgan fingerprint density at radius 2 is 1.76 bits per heavy atom. The van der Waals surface area contributed by atoms with Crippen LogP contribution in [0.1, 0.15) is 46.5 Å². The van der Waals surface area contributed by atoms with Crippen LogP contribution in [-0.4, -0.2) is 36.5 Å². The summed E-state index contributed by atoms with van der Waals surface area (Å²) in [7, 11) is 1.85. The van der Waals surface area contributed by atoms with Crippen molar-refractivity contribution in [2.75, 3.05) is 13.6 Å². The van der Waals surface area contributed by atoms with Gasteiger partial charge in [-0.25, -0.2) is 0 Å². The van der Waals surface area contributed by atoms with Gasteiger partial charge >= 0.3 is 0 Å². The van der Waals surface area contributed by atoms with Crippen LogP contribution in [0, 0.1) is 11.3 Å². The molecule has 1 N–H and O–H groups in total. The molecule has 3 nitrogen and oxygen atoms in total. The summed E-state index contributed by atoms with van der Waals surface area (Å²) in [4.78, 5) is 14.3. The first-order valence-electron chi connectivity index (χ1n) is 6.89. The highest BCUT2D eigenvalue weighted by atomic mass is 16.2. The van der Waals surface area contributed by atoms with E-state index in [2.05, 4.69) is 31.0 Å². The summed E-state index contributed by atoms with van der Waals surface area (Å²) in [5.74, 6) is 1.07. The number of likely N-dealkylation sites (N-methyl/N-ethyl adjacent to an activating group) is 1. The lowest BCUT2D eigenvalue weighted by Gasteiger charge is -2.44. The summed E-state index contributed by atoms with van der Waals surface area (Å²) >= 11 is 0. The average molecular weight is 238 g/mol. The van der Waals surface area contributed by atoms with Gasteiger partial charge in [-0.1, -0.05) is 20.8 Å². The minimum Gasteiger partial charge on any atom is -0.336 e. The van der Waals surface area contributed by atoms with E-state index in [0.717, 1.165) is 5.92 Å². The minimum absolute atomic E-state index is 0.298. The molecule has 1 amide bonds. The molecule has 2 bridgehead atoms. The maximum absolute atomic E-state index is 12.1. The van der Waals surface area contributed by atoms with Crippen molar-refractivity contribution in [1.82, 2.24) is 10.2 Å². The molecule has 0 spiro atoms. The molecule has 0 aromatic rings. The minimum atomic E-state index is 0.298. The number of carbonyl (C=O) groups excluding carboxylic acids is 1. The predicted molar refractivity (Wildman–Crippen MR) is 69.8 cm³/mol. The van der Waals surface area contributed by atoms with Crippen LogP contribution in [0.15, 0.2) is 0 Å². The number of hydrogen-bond donors (Lipinski definition) is 1. The van der Waals surface area contributed by atoms with E-state index in [9.17, 15) is 4.79 Å². The van der Waals surface area contributed by atoms with Gasteiger partial charge in [0.2, 0.25) is 5.91 Å². The number of fused-ring (bicyclic) bond motifs is 2. The van der Waals surface area contributed by atoms with Gasteiger partial charge in [0, 0.05) is 12.1 Å². The second-order valence-corrected chi connectivity index (χ2v) is 6.75. The average Bonchev–Trinajstić information content (AvgIpc) is 2.48. The van der Waals surface area contributed by atoms with Gasteiger partial charge < -0.3 is 10.2 Å². The van der Waals surface area contributed by atoms with E-state index >= 15 is 0 Å². The fraction of sp³-hybridized carbons (Fsp3) is 0.929. The zero-order valence-electron chi connectivity index (χ0n) is 11.6. The Morgan fingerprint density at radius 1 is 1.24 bits per heavy atom. The highest BCUT2D eigenvalue weighted by Crippen LogP contribution is 2.45. The normalized spacial score (nSPS) is 32.9. The molecule has 2 rings (SSSR count). The fourth-order valence-electron chi connectivity index (χ4n) is 3.53. The Morgan fingerprint density at radius 3 is 2.18 bits per heavy atom. The third-order valence-electron chi connectivity index (χ3n) is 4.57. The van der Waals surface area contributed by atoms with E-state index in [1.807, 2.05) is 7.05 Å². The maximum atomic E-state index is 12.1. The summed E-state index contributed by atoms with van der Waals surface area (Å²) in [6, 6.07) is 1.03. The van der Waals surface area contributed by atoms with Crippen molar-refractivity contribution in [2.45, 2.75) is 58.5 Å². The summed E-state index contributed by atoms with van der Waals surface area (Å²) < 4.78 is 0. The number of hydrogen-bond acceptors (Lipinski definition) is 2. The molecule has 98 valence electrons. The van der Waals surface area contributed by atoms with Gasteiger partial charge in [-0.05, 0) is 44.1 Å². The predicted octanol–water partition coefficient (Wildman–Crippen LogP) is 2.02. The lowest BCUT2D eigenvalue weighted by Crippen LogP contribution is -2.50. The number of carbonyl (C=O) groups is 1. The SMILES string of the molecule is CNCC(=O)N1C2CC[C@H]1CC(C(C)(C)C)C2. The monoisotopic (exact) mass is 238 g/mol. The number of amides is 1. The summed E-state index contributed by atoms with van der Waals surface area (Å²) in [6.07, 6.45) is 4.84. The Bertz CT molecular complexity index is 281. The molecular formula is C14H26N2O. The highest BCUT2D eigenvalue weighted by Gasteiger charge is 2.45. The van der Waals surface area contributed by atoms with Crippen LogP contribution in [0.3, 0.4) is 0 Å². The molecule has 2 heterocycles. The third kappa shape index (κ3) is 2.49. The molecule has 2 aliphatic heterocycles.